The Kier molecular flexibility index (Phi) is 3.40. The first kappa shape index (κ1) is 12.4. The van der Waals surface area contributed by atoms with Crippen molar-refractivity contribution in [1.82, 2.24) is 4.98 Å². The van der Waals surface area contributed by atoms with Gasteiger partial charge >= 0.3 is 0 Å². The number of nitrogens with one attached hydrogen (secondary N) is 1. The number of hydrogen-bond donors (Lipinski definition) is 1. The summed E-state index contributed by atoms with van der Waals surface area (Å²) in [5, 5.41) is 4.18. The second-order valence-electron chi connectivity index (χ2n) is 3.99. The highest BCUT2D eigenvalue weighted by Gasteiger charge is 2.05. The lowest BCUT2D eigenvalue weighted by Gasteiger charge is -2.01. The molecule has 2 aromatic carbocycles. The first-order valence-corrected chi connectivity index (χ1v) is 7.33. The summed E-state index contributed by atoms with van der Waals surface area (Å²) in [4.78, 5) is 4.56. The van der Waals surface area contributed by atoms with E-state index >= 15 is 0 Å². The van der Waals surface area contributed by atoms with Gasteiger partial charge in [0.1, 0.15) is 5.75 Å². The third-order valence-corrected chi connectivity index (χ3v) is 4.12. The maximum Gasteiger partial charge on any atom is 0.188 e. The van der Waals surface area contributed by atoms with Crippen molar-refractivity contribution in [2.45, 2.75) is 0 Å². The van der Waals surface area contributed by atoms with E-state index < -0.39 is 0 Å². The van der Waals surface area contributed by atoms with Crippen molar-refractivity contribution in [3.63, 3.8) is 0 Å². The largest absolute Gasteiger partial charge is 0.497 e. The molecule has 0 atom stereocenters. The van der Waals surface area contributed by atoms with Crippen LogP contribution in [0.25, 0.3) is 10.2 Å². The van der Waals surface area contributed by atoms with Gasteiger partial charge < -0.3 is 10.1 Å². The molecule has 3 rings (SSSR count). The van der Waals surface area contributed by atoms with Crippen molar-refractivity contribution in [3.05, 3.63) is 46.9 Å². The fourth-order valence-electron chi connectivity index (χ4n) is 1.78. The van der Waals surface area contributed by atoms with Crippen molar-refractivity contribution in [1.29, 1.82) is 0 Å². The molecule has 0 fully saturated rings. The predicted molar refractivity (Wildman–Crippen MR) is 83.6 cm³/mol. The summed E-state index contributed by atoms with van der Waals surface area (Å²) < 4.78 is 7.38. The highest BCUT2D eigenvalue weighted by Crippen LogP contribution is 2.31. The van der Waals surface area contributed by atoms with Gasteiger partial charge in [0.05, 0.1) is 17.3 Å². The molecule has 0 unspecified atom stereocenters. The molecule has 96 valence electrons. The summed E-state index contributed by atoms with van der Waals surface area (Å²) in [5.74, 6) is 0.826. The zero-order valence-electron chi connectivity index (χ0n) is 10.2. The number of thiazole rings is 1. The van der Waals surface area contributed by atoms with Crippen LogP contribution >= 0.6 is 27.3 Å². The fourth-order valence-corrected chi connectivity index (χ4v) is 3.04. The summed E-state index contributed by atoms with van der Waals surface area (Å²) >= 11 is 5.08. The van der Waals surface area contributed by atoms with Crippen molar-refractivity contribution in [3.8, 4) is 5.75 Å². The molecule has 0 aliphatic rings. The minimum atomic E-state index is 0.826. The zero-order valence-corrected chi connectivity index (χ0v) is 12.6. The molecule has 0 saturated carbocycles. The van der Waals surface area contributed by atoms with Crippen LogP contribution < -0.4 is 10.1 Å². The topological polar surface area (TPSA) is 34.1 Å². The van der Waals surface area contributed by atoms with Gasteiger partial charge in [0.2, 0.25) is 0 Å². The van der Waals surface area contributed by atoms with Gasteiger partial charge in [-0.2, -0.15) is 0 Å². The Morgan fingerprint density at radius 1 is 1.21 bits per heavy atom. The van der Waals surface area contributed by atoms with Gasteiger partial charge in [0, 0.05) is 16.2 Å². The summed E-state index contributed by atoms with van der Waals surface area (Å²) in [7, 11) is 1.66. The lowest BCUT2D eigenvalue weighted by atomic mass is 10.3. The van der Waals surface area contributed by atoms with E-state index in [9.17, 15) is 0 Å². The molecule has 0 aliphatic heterocycles. The minimum absolute atomic E-state index is 0.826. The van der Waals surface area contributed by atoms with Crippen LogP contribution in [0.1, 0.15) is 0 Å². The van der Waals surface area contributed by atoms with Crippen LogP contribution in [-0.2, 0) is 0 Å². The molecule has 5 heteroatoms. The summed E-state index contributed by atoms with van der Waals surface area (Å²) in [5.41, 5.74) is 1.96. The Morgan fingerprint density at radius 2 is 2.11 bits per heavy atom. The number of halogens is 1. The van der Waals surface area contributed by atoms with Gasteiger partial charge in [-0.25, -0.2) is 4.98 Å². The molecule has 0 aliphatic carbocycles. The Labute approximate surface area is 123 Å². The molecular formula is C14H11BrN2OS. The first-order chi connectivity index (χ1) is 9.24. The van der Waals surface area contributed by atoms with Crippen molar-refractivity contribution < 1.29 is 4.74 Å². The highest BCUT2D eigenvalue weighted by molar-refractivity contribution is 9.10. The molecule has 3 nitrogen and oxygen atoms in total. The van der Waals surface area contributed by atoms with Crippen LogP contribution in [0.2, 0.25) is 0 Å². The number of nitrogens with zero attached hydrogens (tertiary/aromatic N) is 1. The number of benzene rings is 2. The Balaban J connectivity index is 1.93. The van der Waals surface area contributed by atoms with Crippen molar-refractivity contribution in [2.24, 2.45) is 0 Å². The van der Waals surface area contributed by atoms with E-state index in [0.29, 0.717) is 0 Å². The number of aromatic nitrogens is 1. The number of rotatable bonds is 3. The van der Waals surface area contributed by atoms with E-state index in [1.54, 1.807) is 18.4 Å². The highest BCUT2D eigenvalue weighted by atomic mass is 79.9. The van der Waals surface area contributed by atoms with Crippen LogP contribution in [0.3, 0.4) is 0 Å². The third-order valence-electron chi connectivity index (χ3n) is 2.67. The molecular weight excluding hydrogens is 324 g/mol. The Bertz CT molecular complexity index is 726. The van der Waals surface area contributed by atoms with E-state index in [2.05, 4.69) is 26.2 Å². The Morgan fingerprint density at radius 3 is 2.89 bits per heavy atom. The quantitative estimate of drug-likeness (QED) is 0.746. The summed E-state index contributed by atoms with van der Waals surface area (Å²) in [6, 6.07) is 13.9. The predicted octanol–water partition coefficient (Wildman–Crippen LogP) is 4.81. The molecule has 19 heavy (non-hydrogen) atoms. The van der Waals surface area contributed by atoms with Gasteiger partial charge in [-0.1, -0.05) is 33.3 Å². The minimum Gasteiger partial charge on any atom is -0.497 e. The van der Waals surface area contributed by atoms with Gasteiger partial charge in [0.15, 0.2) is 5.13 Å². The van der Waals surface area contributed by atoms with Crippen LogP contribution in [-0.4, -0.2) is 12.1 Å². The van der Waals surface area contributed by atoms with Gasteiger partial charge in [-0.05, 0) is 30.3 Å². The normalized spacial score (nSPS) is 10.6. The van der Waals surface area contributed by atoms with E-state index in [1.807, 2.05) is 42.5 Å². The molecule has 0 amide bonds. The van der Waals surface area contributed by atoms with Gasteiger partial charge in [0.25, 0.3) is 0 Å². The number of ether oxygens (including phenoxy) is 1. The van der Waals surface area contributed by atoms with Crippen molar-refractivity contribution >= 4 is 48.3 Å². The first-order valence-electron chi connectivity index (χ1n) is 5.72. The van der Waals surface area contributed by atoms with Crippen LogP contribution in [0.5, 0.6) is 5.75 Å². The molecule has 0 bridgehead atoms. The third kappa shape index (κ3) is 2.72. The molecule has 0 spiro atoms. The molecule has 1 heterocycles. The molecule has 1 aromatic heterocycles. The number of anilines is 2. The zero-order chi connectivity index (χ0) is 13.2. The SMILES string of the molecule is COc1ccc2sc(Nc3cccc(Br)c3)nc2c1. The fraction of sp³-hybridized carbons (Fsp3) is 0.0714. The molecule has 0 radical (unpaired) electrons. The second-order valence-corrected chi connectivity index (χ2v) is 5.93. The second kappa shape index (κ2) is 5.19. The maximum atomic E-state index is 5.20. The van der Waals surface area contributed by atoms with Crippen LogP contribution in [0.15, 0.2) is 46.9 Å². The van der Waals surface area contributed by atoms with E-state index in [4.69, 9.17) is 4.74 Å². The standard InChI is InChI=1S/C14H11BrN2OS/c1-18-11-5-6-13-12(8-11)17-14(19-13)16-10-4-2-3-9(15)7-10/h2-8H,1H3,(H,16,17). The Hall–Kier alpha value is -1.59. The lowest BCUT2D eigenvalue weighted by Crippen LogP contribution is -1.88. The van der Waals surface area contributed by atoms with Crippen LogP contribution in [0, 0.1) is 0 Å². The van der Waals surface area contributed by atoms with Crippen molar-refractivity contribution in [2.75, 3.05) is 12.4 Å². The summed E-state index contributed by atoms with van der Waals surface area (Å²) in [6.45, 7) is 0. The smallest absolute Gasteiger partial charge is 0.188 e. The lowest BCUT2D eigenvalue weighted by molar-refractivity contribution is 0.415. The maximum absolute atomic E-state index is 5.20. The molecule has 1 N–H and O–H groups in total. The van der Waals surface area contributed by atoms with Crippen LogP contribution in [0.4, 0.5) is 10.8 Å². The number of methoxy groups -OCH3 is 1. The average Bonchev–Trinajstić information content (AvgIpc) is 2.79. The average molecular weight is 335 g/mol. The monoisotopic (exact) mass is 334 g/mol. The molecule has 3 aromatic rings. The van der Waals surface area contributed by atoms with E-state index in [-0.39, 0.29) is 0 Å². The van der Waals surface area contributed by atoms with Gasteiger partial charge in [-0.3, -0.25) is 0 Å². The summed E-state index contributed by atoms with van der Waals surface area (Å²) in [6.07, 6.45) is 0. The van der Waals surface area contributed by atoms with E-state index in [1.165, 1.54) is 0 Å². The number of hydrogen-bond acceptors (Lipinski definition) is 4. The van der Waals surface area contributed by atoms with Gasteiger partial charge in [-0.15, -0.1) is 0 Å². The number of fused-ring (bicyclic) bond motifs is 1. The van der Waals surface area contributed by atoms with E-state index in [0.717, 1.165) is 31.3 Å². The molecule has 0 saturated heterocycles.